The Labute approximate surface area is 124 Å². The minimum Gasteiger partial charge on any atom is -0.345 e. The molecule has 0 heterocycles. The lowest BCUT2D eigenvalue weighted by molar-refractivity contribution is -0.139. The van der Waals surface area contributed by atoms with Gasteiger partial charge in [0.25, 0.3) is 10.0 Å². The van der Waals surface area contributed by atoms with Crippen molar-refractivity contribution >= 4 is 37.8 Å². The van der Waals surface area contributed by atoms with Gasteiger partial charge >= 0.3 is 11.8 Å². The zero-order valence-corrected chi connectivity index (χ0v) is 12.6. The molecule has 1 aliphatic rings. The van der Waals surface area contributed by atoms with Crippen molar-refractivity contribution < 1.29 is 18.0 Å². The second kappa shape index (κ2) is 5.90. The highest BCUT2D eigenvalue weighted by molar-refractivity contribution is 9.10. The molecule has 2 amide bonds. The Balaban J connectivity index is 1.97. The Morgan fingerprint density at radius 3 is 2.40 bits per heavy atom. The molecule has 0 saturated heterocycles. The molecule has 0 unspecified atom stereocenters. The van der Waals surface area contributed by atoms with Crippen molar-refractivity contribution in [3.8, 4) is 0 Å². The predicted molar refractivity (Wildman–Crippen MR) is 73.8 cm³/mol. The van der Waals surface area contributed by atoms with E-state index in [0.717, 1.165) is 12.8 Å². The summed E-state index contributed by atoms with van der Waals surface area (Å²) in [5.74, 6) is -1.91. The number of halogens is 1. The van der Waals surface area contributed by atoms with Gasteiger partial charge in [0.1, 0.15) is 0 Å². The maximum absolute atomic E-state index is 11.9. The quantitative estimate of drug-likeness (QED) is 0.520. The fraction of sp³-hybridized carbons (Fsp3) is 0.273. The first-order chi connectivity index (χ1) is 9.40. The van der Waals surface area contributed by atoms with E-state index in [1.807, 2.05) is 10.3 Å². The molecule has 1 fully saturated rings. The highest BCUT2D eigenvalue weighted by Crippen LogP contribution is 2.20. The van der Waals surface area contributed by atoms with Crippen LogP contribution in [0.2, 0.25) is 0 Å². The summed E-state index contributed by atoms with van der Waals surface area (Å²) < 4.78 is 24.2. The number of carbonyl (C=O) groups is 2. The lowest BCUT2D eigenvalue weighted by atomic mass is 10.4. The Bertz CT molecular complexity index is 643. The zero-order chi connectivity index (χ0) is 14.8. The molecule has 0 radical (unpaired) electrons. The Kier molecular flexibility index (Phi) is 4.41. The zero-order valence-electron chi connectivity index (χ0n) is 10.2. The van der Waals surface area contributed by atoms with Gasteiger partial charge in [0.2, 0.25) is 0 Å². The number of amides is 2. The van der Waals surface area contributed by atoms with E-state index in [2.05, 4.69) is 21.2 Å². The van der Waals surface area contributed by atoms with Gasteiger partial charge < -0.3 is 5.32 Å². The molecule has 1 saturated carbocycles. The van der Waals surface area contributed by atoms with Gasteiger partial charge in [-0.2, -0.15) is 0 Å². The van der Waals surface area contributed by atoms with Crippen molar-refractivity contribution in [2.75, 3.05) is 0 Å². The van der Waals surface area contributed by atoms with Gasteiger partial charge in [-0.25, -0.2) is 8.42 Å². The van der Waals surface area contributed by atoms with Crippen molar-refractivity contribution in [1.82, 2.24) is 15.6 Å². The second-order valence-electron chi connectivity index (χ2n) is 4.24. The first-order valence-electron chi connectivity index (χ1n) is 5.77. The van der Waals surface area contributed by atoms with Crippen molar-refractivity contribution in [2.24, 2.45) is 0 Å². The van der Waals surface area contributed by atoms with Gasteiger partial charge in [0.15, 0.2) is 0 Å². The van der Waals surface area contributed by atoms with E-state index in [9.17, 15) is 18.0 Å². The van der Waals surface area contributed by atoms with E-state index in [1.54, 1.807) is 18.2 Å². The molecule has 0 spiro atoms. The van der Waals surface area contributed by atoms with Gasteiger partial charge in [0.05, 0.1) is 4.90 Å². The van der Waals surface area contributed by atoms with Crippen molar-refractivity contribution in [2.45, 2.75) is 23.8 Å². The van der Waals surface area contributed by atoms with Crippen LogP contribution in [0.3, 0.4) is 0 Å². The lowest BCUT2D eigenvalue weighted by Crippen LogP contribution is -2.48. The van der Waals surface area contributed by atoms with Gasteiger partial charge in [0, 0.05) is 10.5 Å². The van der Waals surface area contributed by atoms with Crippen LogP contribution in [0.5, 0.6) is 0 Å². The van der Waals surface area contributed by atoms with Crippen LogP contribution in [0.15, 0.2) is 33.6 Å². The van der Waals surface area contributed by atoms with Crippen molar-refractivity contribution in [1.29, 1.82) is 0 Å². The Morgan fingerprint density at radius 2 is 1.80 bits per heavy atom. The molecule has 1 aromatic rings. The molecule has 2 rings (SSSR count). The van der Waals surface area contributed by atoms with E-state index in [1.165, 1.54) is 6.07 Å². The third-order valence-electron chi connectivity index (χ3n) is 2.54. The predicted octanol–water partition coefficient (Wildman–Crippen LogP) is 0.0372. The van der Waals surface area contributed by atoms with Crippen LogP contribution < -0.4 is 15.6 Å². The van der Waals surface area contributed by atoms with E-state index in [-0.39, 0.29) is 10.9 Å². The first-order valence-corrected chi connectivity index (χ1v) is 8.05. The molecule has 20 heavy (non-hydrogen) atoms. The normalized spacial score (nSPS) is 14.7. The Morgan fingerprint density at radius 1 is 1.15 bits per heavy atom. The van der Waals surface area contributed by atoms with Crippen molar-refractivity contribution in [3.05, 3.63) is 28.7 Å². The summed E-state index contributed by atoms with van der Waals surface area (Å²) >= 11 is 3.10. The molecule has 0 aromatic heterocycles. The number of nitrogens with one attached hydrogen (secondary N) is 3. The second-order valence-corrected chi connectivity index (χ2v) is 6.74. The number of benzene rings is 1. The summed E-state index contributed by atoms with van der Waals surface area (Å²) in [5.41, 5.74) is 1.87. The number of sulfonamides is 1. The summed E-state index contributed by atoms with van der Waals surface area (Å²) in [6, 6.07) is 6.14. The van der Waals surface area contributed by atoms with Gasteiger partial charge in [-0.15, -0.1) is 4.83 Å². The van der Waals surface area contributed by atoms with Crippen LogP contribution in [-0.4, -0.2) is 26.3 Å². The molecule has 9 heteroatoms. The van der Waals surface area contributed by atoms with Gasteiger partial charge in [-0.05, 0) is 40.9 Å². The van der Waals surface area contributed by atoms with Crippen LogP contribution in [0, 0.1) is 0 Å². The maximum atomic E-state index is 11.9. The number of hydrogen-bond acceptors (Lipinski definition) is 4. The molecule has 3 N–H and O–H groups in total. The SMILES string of the molecule is O=C(NNS(=O)(=O)c1ccccc1Br)C(=O)NC1CC1. The maximum Gasteiger partial charge on any atom is 0.324 e. The van der Waals surface area contributed by atoms with Gasteiger partial charge in [-0.3, -0.25) is 15.0 Å². The topological polar surface area (TPSA) is 104 Å². The third-order valence-corrected chi connectivity index (χ3v) is 4.80. The molecule has 0 bridgehead atoms. The number of hydrogen-bond donors (Lipinski definition) is 3. The van der Waals surface area contributed by atoms with E-state index >= 15 is 0 Å². The summed E-state index contributed by atoms with van der Waals surface area (Å²) in [6.07, 6.45) is 1.67. The lowest BCUT2D eigenvalue weighted by Gasteiger charge is -2.09. The standard InChI is InChI=1S/C11H12BrN3O4S/c12-8-3-1-2-4-9(8)20(18,19)15-14-11(17)10(16)13-7-5-6-7/h1-4,7,15H,5-6H2,(H,13,16)(H,14,17). The van der Waals surface area contributed by atoms with Crippen molar-refractivity contribution in [3.63, 3.8) is 0 Å². The van der Waals surface area contributed by atoms with Crippen LogP contribution >= 0.6 is 15.9 Å². The molecule has 1 aliphatic carbocycles. The smallest absolute Gasteiger partial charge is 0.324 e. The highest BCUT2D eigenvalue weighted by Gasteiger charge is 2.27. The average Bonchev–Trinajstić information content (AvgIpc) is 3.20. The summed E-state index contributed by atoms with van der Waals surface area (Å²) in [6.45, 7) is 0. The van der Waals surface area contributed by atoms with E-state index in [0.29, 0.717) is 4.47 Å². The minimum atomic E-state index is -3.94. The summed E-state index contributed by atoms with van der Waals surface area (Å²) in [7, 11) is -3.94. The van der Waals surface area contributed by atoms with Crippen LogP contribution in [-0.2, 0) is 19.6 Å². The Hall–Kier alpha value is -1.45. The van der Waals surface area contributed by atoms with Crippen LogP contribution in [0.4, 0.5) is 0 Å². The average molecular weight is 362 g/mol. The number of rotatable bonds is 4. The molecule has 108 valence electrons. The summed E-state index contributed by atoms with van der Waals surface area (Å²) in [5, 5.41) is 2.45. The minimum absolute atomic E-state index is 0.0214. The van der Waals surface area contributed by atoms with Gasteiger partial charge in [-0.1, -0.05) is 12.1 Å². The van der Waals surface area contributed by atoms with Crippen LogP contribution in [0.1, 0.15) is 12.8 Å². The molecule has 0 atom stereocenters. The monoisotopic (exact) mass is 361 g/mol. The summed E-state index contributed by atoms with van der Waals surface area (Å²) in [4.78, 5) is 24.6. The number of carbonyl (C=O) groups excluding carboxylic acids is 2. The van der Waals surface area contributed by atoms with E-state index in [4.69, 9.17) is 0 Å². The molecule has 0 aliphatic heterocycles. The first kappa shape index (κ1) is 14.9. The molecule has 7 nitrogen and oxygen atoms in total. The molecule has 1 aromatic carbocycles. The largest absolute Gasteiger partial charge is 0.345 e. The van der Waals surface area contributed by atoms with E-state index < -0.39 is 21.8 Å². The fourth-order valence-corrected chi connectivity index (χ4v) is 3.21. The van der Waals surface area contributed by atoms with Crippen LogP contribution in [0.25, 0.3) is 0 Å². The highest BCUT2D eigenvalue weighted by atomic mass is 79.9. The number of hydrazine groups is 1. The molecular formula is C11H12BrN3O4S. The third kappa shape index (κ3) is 3.78. The fourth-order valence-electron chi connectivity index (χ4n) is 1.37. The molecular weight excluding hydrogens is 350 g/mol.